The van der Waals surface area contributed by atoms with Crippen LogP contribution >= 0.6 is 7.82 Å². The lowest BCUT2D eigenvalue weighted by Crippen LogP contribution is -2.46. The Kier molecular flexibility index (Phi) is 48.7. The van der Waals surface area contributed by atoms with Gasteiger partial charge < -0.3 is 19.8 Å². The SMILES string of the molecule is CCCCCCC/C=C\C/C=C\C/C=C\CCCCCCCCCCC(=O)NC(COP(=O)(O)OCC[N+](C)(C)C)C(O)CCCCCCCCCCCCCCCCCCCCCCCC. The van der Waals surface area contributed by atoms with Gasteiger partial charge in [0.1, 0.15) is 13.2 Å². The van der Waals surface area contributed by atoms with Crippen molar-refractivity contribution in [1.82, 2.24) is 5.32 Å². The molecule has 0 rings (SSSR count). The number of allylic oxidation sites excluding steroid dienone is 6. The largest absolute Gasteiger partial charge is 0.472 e. The number of nitrogens with one attached hydrogen (secondary N) is 1. The smallest absolute Gasteiger partial charge is 0.391 e. The van der Waals surface area contributed by atoms with E-state index in [2.05, 4.69) is 55.6 Å². The summed E-state index contributed by atoms with van der Waals surface area (Å²) in [6, 6.07) is -0.766. The molecule has 8 nitrogen and oxygen atoms in total. The Morgan fingerprint density at radius 1 is 0.507 bits per heavy atom. The van der Waals surface area contributed by atoms with Crippen molar-refractivity contribution in [1.29, 1.82) is 0 Å². The van der Waals surface area contributed by atoms with Crippen molar-refractivity contribution in [2.45, 2.75) is 289 Å². The molecule has 9 heteroatoms. The summed E-state index contributed by atoms with van der Waals surface area (Å²) in [5.74, 6) is -0.149. The normalized spacial score (nSPS) is 14.2. The Labute approximate surface area is 417 Å². The molecular weight excluding hydrogens is 852 g/mol. The minimum atomic E-state index is -4.33. The molecule has 0 aliphatic heterocycles. The number of phosphoric acid groups is 1. The summed E-state index contributed by atoms with van der Waals surface area (Å²) in [6.45, 7) is 4.90. The monoisotopic (exact) mass is 966 g/mol. The fourth-order valence-corrected chi connectivity index (χ4v) is 9.32. The summed E-state index contributed by atoms with van der Waals surface area (Å²) < 4.78 is 23.8. The quantitative estimate of drug-likeness (QED) is 0.0243. The molecule has 1 amide bonds. The molecule has 0 aliphatic rings. The van der Waals surface area contributed by atoms with E-state index in [0.29, 0.717) is 23.9 Å². The van der Waals surface area contributed by atoms with E-state index in [-0.39, 0.29) is 19.1 Å². The van der Waals surface area contributed by atoms with Crippen LogP contribution in [0.25, 0.3) is 0 Å². The Morgan fingerprint density at radius 2 is 0.851 bits per heavy atom. The number of likely N-dealkylation sites (N-methyl/N-ethyl adjacent to an activating group) is 1. The highest BCUT2D eigenvalue weighted by Crippen LogP contribution is 2.43. The van der Waals surface area contributed by atoms with Crippen molar-refractivity contribution in [2.24, 2.45) is 0 Å². The van der Waals surface area contributed by atoms with Crippen molar-refractivity contribution >= 4 is 13.7 Å². The van der Waals surface area contributed by atoms with E-state index in [1.165, 1.54) is 193 Å². The van der Waals surface area contributed by atoms with Crippen molar-refractivity contribution in [3.8, 4) is 0 Å². The second kappa shape index (κ2) is 49.7. The highest BCUT2D eigenvalue weighted by Gasteiger charge is 2.28. The number of quaternary nitrogens is 1. The van der Waals surface area contributed by atoms with E-state index < -0.39 is 20.0 Å². The summed E-state index contributed by atoms with van der Waals surface area (Å²) in [5.41, 5.74) is 0. The van der Waals surface area contributed by atoms with Crippen LogP contribution in [0, 0.1) is 0 Å². The van der Waals surface area contributed by atoms with Crippen LogP contribution in [0.5, 0.6) is 0 Å². The van der Waals surface area contributed by atoms with E-state index in [1.54, 1.807) is 0 Å². The number of carbonyl (C=O) groups excluding carboxylic acids is 1. The van der Waals surface area contributed by atoms with Crippen LogP contribution in [0.2, 0.25) is 0 Å². The summed E-state index contributed by atoms with van der Waals surface area (Å²) in [7, 11) is 1.62. The first-order valence-corrected chi connectivity index (χ1v) is 30.3. The number of aliphatic hydroxyl groups excluding tert-OH is 1. The van der Waals surface area contributed by atoms with E-state index in [0.717, 1.165) is 57.8 Å². The lowest BCUT2D eigenvalue weighted by atomic mass is 10.0. The number of hydrogen-bond acceptors (Lipinski definition) is 5. The first kappa shape index (κ1) is 65.7. The van der Waals surface area contributed by atoms with Gasteiger partial charge in [0.25, 0.3) is 0 Å². The van der Waals surface area contributed by atoms with Crippen molar-refractivity contribution in [3.05, 3.63) is 36.5 Å². The first-order chi connectivity index (χ1) is 32.5. The number of carbonyl (C=O) groups is 1. The summed E-state index contributed by atoms with van der Waals surface area (Å²) >= 11 is 0. The number of nitrogens with zero attached hydrogens (tertiary/aromatic N) is 1. The van der Waals surface area contributed by atoms with Crippen LogP contribution < -0.4 is 5.32 Å². The maximum atomic E-state index is 13.0. The number of rotatable bonds is 53. The molecule has 0 fully saturated rings. The number of phosphoric ester groups is 1. The fourth-order valence-electron chi connectivity index (χ4n) is 8.58. The molecule has 0 bridgehead atoms. The van der Waals surface area contributed by atoms with Gasteiger partial charge in [-0.1, -0.05) is 256 Å². The molecule has 396 valence electrons. The van der Waals surface area contributed by atoms with Crippen LogP contribution in [0.15, 0.2) is 36.5 Å². The number of hydrogen-bond donors (Lipinski definition) is 3. The standard InChI is InChI=1S/C58H113N2O6P/c1-6-8-10-12-14-16-18-20-22-24-26-28-30-32-34-36-38-40-42-44-46-48-50-52-58(62)59-56(55-66-67(63,64)65-54-53-60(3,4)5)57(61)51-49-47-45-43-41-39-37-35-33-31-29-27-25-23-21-19-17-15-13-11-9-7-2/h18,20,24,26,30,32,56-57,61H,6-17,19,21-23,25,27-29,31,33-55H2,1-5H3,(H-,59,62,63,64)/p+1/b20-18-,26-24-,32-30-. The molecule has 0 saturated heterocycles. The Balaban J connectivity index is 4.20. The molecule has 67 heavy (non-hydrogen) atoms. The zero-order valence-electron chi connectivity index (χ0n) is 45.2. The molecular formula is C58H114N2O6P+. The summed E-state index contributed by atoms with van der Waals surface area (Å²) in [4.78, 5) is 23.3. The third kappa shape index (κ3) is 52.4. The predicted octanol–water partition coefficient (Wildman–Crippen LogP) is 17.4. The first-order valence-electron chi connectivity index (χ1n) is 28.9. The van der Waals surface area contributed by atoms with Gasteiger partial charge >= 0.3 is 7.82 Å². The van der Waals surface area contributed by atoms with E-state index >= 15 is 0 Å². The molecule has 3 unspecified atom stereocenters. The van der Waals surface area contributed by atoms with Gasteiger partial charge in [-0.25, -0.2) is 4.57 Å². The van der Waals surface area contributed by atoms with Gasteiger partial charge in [-0.15, -0.1) is 0 Å². The van der Waals surface area contributed by atoms with Crippen molar-refractivity contribution in [2.75, 3.05) is 40.9 Å². The molecule has 0 aliphatic carbocycles. The molecule has 3 N–H and O–H groups in total. The highest BCUT2D eigenvalue weighted by atomic mass is 31.2. The zero-order valence-corrected chi connectivity index (χ0v) is 46.0. The predicted molar refractivity (Wildman–Crippen MR) is 291 cm³/mol. The van der Waals surface area contributed by atoms with Gasteiger partial charge in [0.05, 0.1) is 39.9 Å². The van der Waals surface area contributed by atoms with Crippen LogP contribution in [0.1, 0.15) is 277 Å². The van der Waals surface area contributed by atoms with Gasteiger partial charge in [0.2, 0.25) is 5.91 Å². The molecule has 0 spiro atoms. The fraction of sp³-hybridized carbons (Fsp3) is 0.879. The van der Waals surface area contributed by atoms with Gasteiger partial charge in [-0.05, 0) is 51.4 Å². The second-order valence-electron chi connectivity index (χ2n) is 21.0. The van der Waals surface area contributed by atoms with E-state index in [1.807, 2.05) is 21.1 Å². The van der Waals surface area contributed by atoms with Gasteiger partial charge in [0.15, 0.2) is 0 Å². The van der Waals surface area contributed by atoms with Gasteiger partial charge in [-0.2, -0.15) is 0 Å². The lowest BCUT2D eigenvalue weighted by molar-refractivity contribution is -0.870. The number of amides is 1. The van der Waals surface area contributed by atoms with Crippen LogP contribution in [0.4, 0.5) is 0 Å². The third-order valence-corrected chi connectivity index (χ3v) is 14.1. The van der Waals surface area contributed by atoms with Gasteiger partial charge in [-0.3, -0.25) is 13.8 Å². The zero-order chi connectivity index (χ0) is 49.2. The van der Waals surface area contributed by atoms with Crippen LogP contribution in [-0.4, -0.2) is 73.4 Å². The molecule has 0 aromatic rings. The average Bonchev–Trinajstić information content (AvgIpc) is 3.29. The minimum Gasteiger partial charge on any atom is -0.391 e. The topological polar surface area (TPSA) is 105 Å². The van der Waals surface area contributed by atoms with Crippen molar-refractivity contribution in [3.63, 3.8) is 0 Å². The lowest BCUT2D eigenvalue weighted by Gasteiger charge is -2.26. The third-order valence-electron chi connectivity index (χ3n) is 13.1. The van der Waals surface area contributed by atoms with E-state index in [9.17, 15) is 19.4 Å². The Hall–Kier alpha value is -1.28. The summed E-state index contributed by atoms with van der Waals surface area (Å²) in [6.07, 6.45) is 63.3. The molecule has 0 saturated carbocycles. The maximum Gasteiger partial charge on any atom is 0.472 e. The molecule has 3 atom stereocenters. The molecule has 0 aromatic carbocycles. The summed E-state index contributed by atoms with van der Waals surface area (Å²) in [5, 5.41) is 14.1. The van der Waals surface area contributed by atoms with Crippen LogP contribution in [-0.2, 0) is 18.4 Å². The van der Waals surface area contributed by atoms with Gasteiger partial charge in [0, 0.05) is 6.42 Å². The average molecular weight is 967 g/mol. The van der Waals surface area contributed by atoms with Crippen LogP contribution in [0.3, 0.4) is 0 Å². The molecule has 0 heterocycles. The Morgan fingerprint density at radius 3 is 1.24 bits per heavy atom. The van der Waals surface area contributed by atoms with E-state index in [4.69, 9.17) is 9.05 Å². The number of aliphatic hydroxyl groups is 1. The maximum absolute atomic E-state index is 13.0. The number of unbranched alkanes of at least 4 members (excludes halogenated alkanes) is 34. The molecule has 0 radical (unpaired) electrons. The van der Waals surface area contributed by atoms with Crippen molar-refractivity contribution < 1.29 is 32.9 Å². The Bertz CT molecular complexity index is 1190. The second-order valence-corrected chi connectivity index (χ2v) is 22.5. The molecule has 0 aromatic heterocycles. The minimum absolute atomic E-state index is 0.0731. The highest BCUT2D eigenvalue weighted by molar-refractivity contribution is 7.47.